The van der Waals surface area contributed by atoms with Gasteiger partial charge in [-0.05, 0) is 79.8 Å². The molecular weight excluding hydrogens is 481 g/mol. The highest BCUT2D eigenvalue weighted by Gasteiger charge is 2.18. The molecule has 5 aromatic rings. The largest absolute Gasteiger partial charge is 1.00 e. The second-order valence-corrected chi connectivity index (χ2v) is 8.32. The van der Waals surface area contributed by atoms with Crippen LogP contribution >= 0.6 is 0 Å². The van der Waals surface area contributed by atoms with Crippen molar-refractivity contribution in [3.8, 4) is 0 Å². The molecule has 6 rings (SSSR count). The van der Waals surface area contributed by atoms with Gasteiger partial charge in [-0.3, -0.25) is 0 Å². The third-order valence-electron chi connectivity index (χ3n) is 6.57. The van der Waals surface area contributed by atoms with Crippen molar-refractivity contribution in [2.45, 2.75) is 32.6 Å². The first-order chi connectivity index (χ1) is 14.3. The van der Waals surface area contributed by atoms with E-state index >= 15 is 0 Å². The molecule has 0 spiro atoms. The van der Waals surface area contributed by atoms with Crippen LogP contribution in [0.25, 0.3) is 33.0 Å². The van der Waals surface area contributed by atoms with E-state index in [-0.39, 0.29) is 24.0 Å². The SMILES string of the molecule is CCc1ccc2c(ccc3n4c(ccc5cc(N6CCCCC6)ccc54)c[n+]23)c1.[I-]. The second-order valence-electron chi connectivity index (χ2n) is 8.32. The Morgan fingerprint density at radius 2 is 1.67 bits per heavy atom. The predicted octanol–water partition coefficient (Wildman–Crippen LogP) is 2.54. The van der Waals surface area contributed by atoms with Gasteiger partial charge in [-0.1, -0.05) is 13.0 Å². The molecule has 0 unspecified atom stereocenters. The van der Waals surface area contributed by atoms with Crippen molar-refractivity contribution in [1.82, 2.24) is 4.40 Å². The fourth-order valence-electron chi connectivity index (χ4n) is 4.97. The quantitative estimate of drug-likeness (QED) is 0.264. The average Bonchev–Trinajstić information content (AvgIpc) is 3.18. The third-order valence-corrected chi connectivity index (χ3v) is 6.57. The van der Waals surface area contributed by atoms with E-state index in [4.69, 9.17) is 0 Å². The summed E-state index contributed by atoms with van der Waals surface area (Å²) in [6, 6.07) is 22.8. The fraction of sp³-hybridized carbons (Fsp3) is 0.269. The maximum absolute atomic E-state index is 2.54. The monoisotopic (exact) mass is 507 g/mol. The number of fused-ring (bicyclic) bond motifs is 7. The Labute approximate surface area is 193 Å². The number of aromatic nitrogens is 2. The van der Waals surface area contributed by atoms with Crippen LogP contribution in [0.2, 0.25) is 0 Å². The predicted molar refractivity (Wildman–Crippen MR) is 121 cm³/mol. The van der Waals surface area contributed by atoms with E-state index in [0.29, 0.717) is 0 Å². The number of hydrogen-bond acceptors (Lipinski definition) is 1. The summed E-state index contributed by atoms with van der Waals surface area (Å²) < 4.78 is 4.73. The second kappa shape index (κ2) is 7.73. The molecule has 2 aromatic carbocycles. The zero-order chi connectivity index (χ0) is 19.4. The van der Waals surface area contributed by atoms with Gasteiger partial charge in [0.25, 0.3) is 5.65 Å². The lowest BCUT2D eigenvalue weighted by Gasteiger charge is -2.28. The number of pyridine rings is 2. The molecule has 0 N–H and O–H groups in total. The van der Waals surface area contributed by atoms with E-state index < -0.39 is 0 Å². The summed E-state index contributed by atoms with van der Waals surface area (Å²) in [5.74, 6) is 0. The van der Waals surface area contributed by atoms with E-state index in [1.54, 1.807) is 0 Å². The van der Waals surface area contributed by atoms with Crippen molar-refractivity contribution in [2.24, 2.45) is 0 Å². The van der Waals surface area contributed by atoms with Gasteiger partial charge in [-0.25, -0.2) is 0 Å². The molecule has 4 heterocycles. The van der Waals surface area contributed by atoms with Crippen LogP contribution in [-0.2, 0) is 6.42 Å². The highest BCUT2D eigenvalue weighted by atomic mass is 127. The van der Waals surface area contributed by atoms with Crippen molar-refractivity contribution in [3.63, 3.8) is 0 Å². The normalized spacial score (nSPS) is 14.6. The maximum atomic E-state index is 2.54. The molecule has 3 aromatic heterocycles. The minimum Gasteiger partial charge on any atom is -1.00 e. The van der Waals surface area contributed by atoms with E-state index in [0.717, 1.165) is 6.42 Å². The molecular formula is C26H26IN3. The Bertz CT molecular complexity index is 1380. The number of hydrogen-bond donors (Lipinski definition) is 0. The number of benzene rings is 2. The fourth-order valence-corrected chi connectivity index (χ4v) is 4.97. The van der Waals surface area contributed by atoms with E-state index in [1.165, 1.54) is 76.6 Å². The number of anilines is 1. The molecule has 1 saturated heterocycles. The molecule has 3 nitrogen and oxygen atoms in total. The van der Waals surface area contributed by atoms with Gasteiger partial charge in [0.1, 0.15) is 17.2 Å². The van der Waals surface area contributed by atoms with E-state index in [1.807, 2.05) is 0 Å². The summed E-state index contributed by atoms with van der Waals surface area (Å²) in [4.78, 5) is 2.54. The Morgan fingerprint density at radius 1 is 0.833 bits per heavy atom. The van der Waals surface area contributed by atoms with E-state index in [2.05, 4.69) is 87.5 Å². The minimum atomic E-state index is 0. The van der Waals surface area contributed by atoms with Crippen molar-refractivity contribution in [3.05, 3.63) is 72.4 Å². The maximum Gasteiger partial charge on any atom is 0.292 e. The number of aryl methyl sites for hydroxylation is 1. The molecule has 0 radical (unpaired) electrons. The lowest BCUT2D eigenvalue weighted by atomic mass is 10.1. The Balaban J connectivity index is 0.00000193. The van der Waals surface area contributed by atoms with Crippen LogP contribution in [0.15, 0.2) is 66.9 Å². The molecule has 1 aliphatic rings. The van der Waals surface area contributed by atoms with Gasteiger partial charge >= 0.3 is 0 Å². The van der Waals surface area contributed by atoms with Crippen molar-refractivity contribution in [1.29, 1.82) is 0 Å². The number of rotatable bonds is 2. The van der Waals surface area contributed by atoms with Crippen molar-refractivity contribution < 1.29 is 28.4 Å². The Hall–Kier alpha value is -2.34. The van der Waals surface area contributed by atoms with Crippen LogP contribution in [0.3, 0.4) is 0 Å². The lowest BCUT2D eigenvalue weighted by molar-refractivity contribution is -0.479. The number of piperidine rings is 1. The highest BCUT2D eigenvalue weighted by Crippen LogP contribution is 2.27. The van der Waals surface area contributed by atoms with E-state index in [9.17, 15) is 0 Å². The summed E-state index contributed by atoms with van der Waals surface area (Å²) in [6.07, 6.45) is 7.32. The molecule has 0 aliphatic carbocycles. The van der Waals surface area contributed by atoms with Crippen LogP contribution in [0.1, 0.15) is 31.7 Å². The topological polar surface area (TPSA) is 11.8 Å². The molecule has 0 saturated carbocycles. The number of imidazole rings is 1. The molecule has 30 heavy (non-hydrogen) atoms. The molecule has 4 heteroatoms. The number of halogens is 1. The van der Waals surface area contributed by atoms with Crippen LogP contribution in [0, 0.1) is 0 Å². The van der Waals surface area contributed by atoms with Crippen LogP contribution in [-0.4, -0.2) is 17.5 Å². The molecule has 0 atom stereocenters. The molecule has 1 fully saturated rings. The summed E-state index contributed by atoms with van der Waals surface area (Å²) in [5.41, 5.74) is 7.73. The lowest BCUT2D eigenvalue weighted by Crippen LogP contribution is -3.00. The van der Waals surface area contributed by atoms with Crippen LogP contribution in [0.4, 0.5) is 5.69 Å². The highest BCUT2D eigenvalue weighted by molar-refractivity contribution is 5.88. The summed E-state index contributed by atoms with van der Waals surface area (Å²) in [7, 11) is 0. The number of nitrogens with zero attached hydrogens (tertiary/aromatic N) is 3. The average molecular weight is 507 g/mol. The Morgan fingerprint density at radius 3 is 2.50 bits per heavy atom. The smallest absolute Gasteiger partial charge is 0.292 e. The summed E-state index contributed by atoms with van der Waals surface area (Å²) in [5, 5.41) is 2.61. The summed E-state index contributed by atoms with van der Waals surface area (Å²) >= 11 is 0. The van der Waals surface area contributed by atoms with Gasteiger partial charge < -0.3 is 28.9 Å². The minimum absolute atomic E-state index is 0. The van der Waals surface area contributed by atoms with Crippen molar-refractivity contribution >= 4 is 38.7 Å². The zero-order valence-electron chi connectivity index (χ0n) is 17.3. The van der Waals surface area contributed by atoms with Gasteiger partial charge in [0.05, 0.1) is 0 Å². The van der Waals surface area contributed by atoms with Gasteiger partial charge in [0.2, 0.25) is 0 Å². The molecule has 0 bridgehead atoms. The van der Waals surface area contributed by atoms with Gasteiger partial charge in [0, 0.05) is 35.6 Å². The van der Waals surface area contributed by atoms with Gasteiger partial charge in [-0.15, -0.1) is 0 Å². The first-order valence-corrected chi connectivity index (χ1v) is 10.9. The molecule has 0 amide bonds. The standard InChI is InChI=1S/C26H26N3.HI/c1-2-19-6-11-24-20(16-19)8-13-26-28(24)18-23-9-7-21-17-22(10-12-25(21)29(23)26)27-14-4-3-5-15-27;/h6-13,16-18H,2-5,14-15H2,1H3;1H/q+1;/p-1. The first kappa shape index (κ1) is 19.6. The van der Waals surface area contributed by atoms with Gasteiger partial charge in [0.15, 0.2) is 5.52 Å². The van der Waals surface area contributed by atoms with Gasteiger partial charge in [-0.2, -0.15) is 8.80 Å². The Kier molecular flexibility index (Phi) is 5.05. The molecule has 152 valence electrons. The van der Waals surface area contributed by atoms with Crippen molar-refractivity contribution in [2.75, 3.05) is 18.0 Å². The van der Waals surface area contributed by atoms with Crippen LogP contribution < -0.4 is 33.3 Å². The summed E-state index contributed by atoms with van der Waals surface area (Å²) in [6.45, 7) is 4.58. The first-order valence-electron chi connectivity index (χ1n) is 10.9. The zero-order valence-corrected chi connectivity index (χ0v) is 19.5. The molecule has 1 aliphatic heterocycles. The third kappa shape index (κ3) is 3.04. The van der Waals surface area contributed by atoms with Crippen LogP contribution in [0.5, 0.6) is 0 Å².